The van der Waals surface area contributed by atoms with Gasteiger partial charge >= 0.3 is 0 Å². The molecule has 1 atom stereocenters. The summed E-state index contributed by atoms with van der Waals surface area (Å²) in [4.78, 5) is 0. The first-order valence-corrected chi connectivity index (χ1v) is 7.59. The lowest BCUT2D eigenvalue weighted by molar-refractivity contribution is 0.622. The van der Waals surface area contributed by atoms with Crippen molar-refractivity contribution < 1.29 is 4.39 Å². The van der Waals surface area contributed by atoms with Gasteiger partial charge in [0, 0.05) is 4.47 Å². The highest BCUT2D eigenvalue weighted by molar-refractivity contribution is 9.10. The lowest BCUT2D eigenvalue weighted by Gasteiger charge is -2.19. The van der Waals surface area contributed by atoms with Crippen LogP contribution in [0, 0.1) is 5.82 Å². The van der Waals surface area contributed by atoms with E-state index in [2.05, 4.69) is 51.6 Å². The summed E-state index contributed by atoms with van der Waals surface area (Å²) in [6.45, 7) is 0. The summed E-state index contributed by atoms with van der Waals surface area (Å²) >= 11 is 3.46. The number of fused-ring (bicyclic) bond motifs is 1. The fraction of sp³-hybridized carbons (Fsp3) is 0.111. The minimum absolute atomic E-state index is 0.0181. The first-order chi connectivity index (χ1) is 10.2. The van der Waals surface area contributed by atoms with Crippen molar-refractivity contribution in [2.45, 2.75) is 6.04 Å². The summed E-state index contributed by atoms with van der Waals surface area (Å²) in [5.74, 6) is -0.237. The van der Waals surface area contributed by atoms with Gasteiger partial charge in [0.15, 0.2) is 0 Å². The van der Waals surface area contributed by atoms with Crippen LogP contribution in [-0.2, 0) is 0 Å². The number of benzene rings is 3. The van der Waals surface area contributed by atoms with Crippen molar-refractivity contribution in [3.8, 4) is 0 Å². The molecule has 0 bridgehead atoms. The van der Waals surface area contributed by atoms with E-state index in [1.54, 1.807) is 0 Å². The van der Waals surface area contributed by atoms with Gasteiger partial charge in [-0.25, -0.2) is 4.39 Å². The Kier molecular flexibility index (Phi) is 4.04. The molecule has 0 aliphatic rings. The van der Waals surface area contributed by atoms with E-state index < -0.39 is 0 Å². The molecule has 1 nitrogen and oxygen atoms in total. The summed E-state index contributed by atoms with van der Waals surface area (Å²) in [5, 5.41) is 5.73. The van der Waals surface area contributed by atoms with Crippen LogP contribution in [-0.4, -0.2) is 7.05 Å². The van der Waals surface area contributed by atoms with Gasteiger partial charge in [0.1, 0.15) is 5.82 Å². The van der Waals surface area contributed by atoms with Gasteiger partial charge in [-0.2, -0.15) is 0 Å². The molecule has 3 aromatic carbocycles. The molecule has 0 aromatic heterocycles. The predicted octanol–water partition coefficient (Wildman–Crippen LogP) is 5.05. The van der Waals surface area contributed by atoms with Gasteiger partial charge in [0.25, 0.3) is 0 Å². The van der Waals surface area contributed by atoms with E-state index in [4.69, 9.17) is 0 Å². The Balaban J connectivity index is 2.09. The summed E-state index contributed by atoms with van der Waals surface area (Å²) < 4.78 is 14.0. The lowest BCUT2D eigenvalue weighted by atomic mass is 9.96. The zero-order valence-electron chi connectivity index (χ0n) is 11.6. The normalized spacial score (nSPS) is 12.5. The quantitative estimate of drug-likeness (QED) is 0.701. The van der Waals surface area contributed by atoms with Crippen LogP contribution in [0.3, 0.4) is 0 Å². The molecule has 0 aliphatic carbocycles. The maximum Gasteiger partial charge on any atom is 0.124 e. The van der Waals surface area contributed by atoms with E-state index in [1.165, 1.54) is 22.9 Å². The van der Waals surface area contributed by atoms with Crippen molar-refractivity contribution in [1.82, 2.24) is 5.32 Å². The second kappa shape index (κ2) is 5.96. The molecule has 1 unspecified atom stereocenters. The Labute approximate surface area is 131 Å². The van der Waals surface area contributed by atoms with Gasteiger partial charge in [0.2, 0.25) is 0 Å². The molecule has 0 heterocycles. The zero-order chi connectivity index (χ0) is 14.8. The first kappa shape index (κ1) is 14.2. The summed E-state index contributed by atoms with van der Waals surface area (Å²) in [6.07, 6.45) is 0. The van der Waals surface area contributed by atoms with Crippen LogP contribution >= 0.6 is 15.9 Å². The summed E-state index contributed by atoms with van der Waals surface area (Å²) in [5.41, 5.74) is 2.18. The summed E-state index contributed by atoms with van der Waals surface area (Å²) in [7, 11) is 1.91. The maximum atomic E-state index is 13.3. The van der Waals surface area contributed by atoms with E-state index in [-0.39, 0.29) is 11.9 Å². The Morgan fingerprint density at radius 2 is 1.71 bits per heavy atom. The lowest BCUT2D eigenvalue weighted by Crippen LogP contribution is -2.18. The van der Waals surface area contributed by atoms with Crippen LogP contribution in [0.25, 0.3) is 10.8 Å². The van der Waals surface area contributed by atoms with Crippen molar-refractivity contribution in [1.29, 1.82) is 0 Å². The Hall–Kier alpha value is -1.71. The standard InChI is InChI=1S/C18H15BrFN/c1-21-18(16-9-8-15(20)11-17(16)19)14-7-6-12-4-2-3-5-13(12)10-14/h2-11,18,21H,1H3. The van der Waals surface area contributed by atoms with E-state index in [0.717, 1.165) is 15.6 Å². The molecule has 1 N–H and O–H groups in total. The van der Waals surface area contributed by atoms with E-state index in [9.17, 15) is 4.39 Å². The highest BCUT2D eigenvalue weighted by atomic mass is 79.9. The molecule has 106 valence electrons. The van der Waals surface area contributed by atoms with Gasteiger partial charge < -0.3 is 5.32 Å². The van der Waals surface area contributed by atoms with Crippen LogP contribution < -0.4 is 5.32 Å². The molecular weight excluding hydrogens is 329 g/mol. The van der Waals surface area contributed by atoms with Gasteiger partial charge in [-0.05, 0) is 47.1 Å². The highest BCUT2D eigenvalue weighted by Crippen LogP contribution is 2.30. The topological polar surface area (TPSA) is 12.0 Å². The minimum atomic E-state index is -0.237. The number of halogens is 2. The molecular formula is C18H15BrFN. The monoisotopic (exact) mass is 343 g/mol. The second-order valence-corrected chi connectivity index (χ2v) is 5.85. The van der Waals surface area contributed by atoms with Crippen LogP contribution in [0.2, 0.25) is 0 Å². The van der Waals surface area contributed by atoms with Crippen LogP contribution in [0.1, 0.15) is 17.2 Å². The second-order valence-electron chi connectivity index (χ2n) is 4.99. The largest absolute Gasteiger partial charge is 0.309 e. The van der Waals surface area contributed by atoms with Crippen LogP contribution in [0.15, 0.2) is 65.1 Å². The molecule has 3 aromatic rings. The fourth-order valence-corrected chi connectivity index (χ4v) is 3.20. The van der Waals surface area contributed by atoms with Gasteiger partial charge in [0.05, 0.1) is 6.04 Å². The first-order valence-electron chi connectivity index (χ1n) is 6.80. The molecule has 0 saturated carbocycles. The fourth-order valence-electron chi connectivity index (χ4n) is 2.62. The van der Waals surface area contributed by atoms with Crippen LogP contribution in [0.5, 0.6) is 0 Å². The molecule has 0 saturated heterocycles. The Bertz CT molecular complexity index is 785. The molecule has 21 heavy (non-hydrogen) atoms. The average molecular weight is 344 g/mol. The van der Waals surface area contributed by atoms with Gasteiger partial charge in [-0.1, -0.05) is 58.4 Å². The maximum absolute atomic E-state index is 13.3. The van der Waals surface area contributed by atoms with Crippen molar-refractivity contribution in [2.75, 3.05) is 7.05 Å². The van der Waals surface area contributed by atoms with Crippen LogP contribution in [0.4, 0.5) is 4.39 Å². The van der Waals surface area contributed by atoms with Gasteiger partial charge in [-0.15, -0.1) is 0 Å². The van der Waals surface area contributed by atoms with E-state index in [0.29, 0.717) is 0 Å². The third kappa shape index (κ3) is 2.85. The minimum Gasteiger partial charge on any atom is -0.309 e. The molecule has 0 amide bonds. The molecule has 3 heteroatoms. The predicted molar refractivity (Wildman–Crippen MR) is 89.0 cm³/mol. The third-order valence-electron chi connectivity index (χ3n) is 3.67. The van der Waals surface area contributed by atoms with E-state index in [1.807, 2.05) is 25.2 Å². The third-order valence-corrected chi connectivity index (χ3v) is 4.36. The highest BCUT2D eigenvalue weighted by Gasteiger charge is 2.15. The Morgan fingerprint density at radius 1 is 0.952 bits per heavy atom. The SMILES string of the molecule is CNC(c1ccc2ccccc2c1)c1ccc(F)cc1Br. The number of rotatable bonds is 3. The number of nitrogens with one attached hydrogen (secondary N) is 1. The number of hydrogen-bond acceptors (Lipinski definition) is 1. The molecule has 0 radical (unpaired) electrons. The van der Waals surface area contributed by atoms with E-state index >= 15 is 0 Å². The number of hydrogen-bond donors (Lipinski definition) is 1. The summed E-state index contributed by atoms with van der Waals surface area (Å²) in [6, 6.07) is 19.5. The molecule has 3 rings (SSSR count). The zero-order valence-corrected chi connectivity index (χ0v) is 13.2. The van der Waals surface area contributed by atoms with Crippen molar-refractivity contribution in [3.05, 3.63) is 82.1 Å². The molecule has 0 aliphatic heterocycles. The molecule has 0 spiro atoms. The van der Waals surface area contributed by atoms with Crippen molar-refractivity contribution >= 4 is 26.7 Å². The van der Waals surface area contributed by atoms with Crippen molar-refractivity contribution in [3.63, 3.8) is 0 Å². The smallest absolute Gasteiger partial charge is 0.124 e. The average Bonchev–Trinajstić information content (AvgIpc) is 2.50. The molecule has 0 fully saturated rings. The Morgan fingerprint density at radius 3 is 2.43 bits per heavy atom. The van der Waals surface area contributed by atoms with Gasteiger partial charge in [-0.3, -0.25) is 0 Å². The van der Waals surface area contributed by atoms with Crippen molar-refractivity contribution in [2.24, 2.45) is 0 Å².